The standard InChI is InChI=1S/C28H30N4O5S.C2H6/c1-32(12-2-10-29)13-3-11-30-28(38)31-17-4-7-20(27(35)36)23(14-17)26-21-8-5-18(33)15-24(21)37-25-16-19(34)6-9-22(25)26;1-2/h4-9,14-16,33H,2-3,10-13,29H2,1H3,(H,35,36)(H2,30,31,38);1-2H3. The summed E-state index contributed by atoms with van der Waals surface area (Å²) >= 11 is 5.47. The topological polar surface area (TPSA) is 141 Å². The molecular formula is C30H36N4O5S. The Kier molecular flexibility index (Phi) is 11.0. The normalized spacial score (nSPS) is 10.8. The largest absolute Gasteiger partial charge is 0.508 e. The number of fused-ring (bicyclic) bond motifs is 2. The van der Waals surface area contributed by atoms with Crippen LogP contribution in [-0.4, -0.2) is 59.4 Å². The fraction of sp³-hybridized carbons (Fsp3) is 0.300. The number of aromatic hydroxyl groups is 1. The predicted molar refractivity (Wildman–Crippen MR) is 165 cm³/mol. The molecule has 2 aromatic rings. The highest BCUT2D eigenvalue weighted by atomic mass is 32.1. The molecule has 1 aliphatic heterocycles. The van der Waals surface area contributed by atoms with Crippen molar-refractivity contribution in [1.82, 2.24) is 10.2 Å². The van der Waals surface area contributed by atoms with Gasteiger partial charge in [-0.05, 0) is 99.8 Å². The SMILES string of the molecule is CC.CN(CCCN)CCCNC(=S)Nc1ccc(C(=O)O)c(-c2c3ccc(=O)cc-3oc3cc(O)ccc23)c1. The van der Waals surface area contributed by atoms with Crippen molar-refractivity contribution in [2.24, 2.45) is 5.73 Å². The summed E-state index contributed by atoms with van der Waals surface area (Å²) < 4.78 is 5.89. The van der Waals surface area contributed by atoms with Gasteiger partial charge in [0.05, 0.1) is 5.56 Å². The predicted octanol–water partition coefficient (Wildman–Crippen LogP) is 4.95. The third-order valence-electron chi connectivity index (χ3n) is 6.20. The number of hydrogen-bond acceptors (Lipinski definition) is 7. The molecule has 1 aliphatic carbocycles. The number of anilines is 1. The second-order valence-corrected chi connectivity index (χ2v) is 9.47. The summed E-state index contributed by atoms with van der Waals surface area (Å²) in [6.07, 6.45) is 1.85. The molecule has 2 aromatic carbocycles. The van der Waals surface area contributed by atoms with Crippen molar-refractivity contribution in [2.75, 3.05) is 38.5 Å². The lowest BCUT2D eigenvalue weighted by molar-refractivity contribution is 0.0697. The van der Waals surface area contributed by atoms with Crippen molar-refractivity contribution in [3.05, 3.63) is 70.4 Å². The van der Waals surface area contributed by atoms with E-state index < -0.39 is 5.97 Å². The molecule has 0 bridgehead atoms. The van der Waals surface area contributed by atoms with Crippen LogP contribution in [0, 0.1) is 0 Å². The van der Waals surface area contributed by atoms with Gasteiger partial charge in [-0.1, -0.05) is 13.8 Å². The molecule has 0 saturated carbocycles. The smallest absolute Gasteiger partial charge is 0.336 e. The van der Waals surface area contributed by atoms with Gasteiger partial charge in [-0.3, -0.25) is 4.79 Å². The van der Waals surface area contributed by atoms with E-state index in [4.69, 9.17) is 22.4 Å². The van der Waals surface area contributed by atoms with Gasteiger partial charge in [0.1, 0.15) is 17.1 Å². The van der Waals surface area contributed by atoms with Gasteiger partial charge in [0, 0.05) is 40.9 Å². The molecule has 0 atom stereocenters. The first kappa shape index (κ1) is 30.6. The van der Waals surface area contributed by atoms with E-state index in [1.807, 2.05) is 13.8 Å². The van der Waals surface area contributed by atoms with Crippen LogP contribution in [0.2, 0.25) is 0 Å². The summed E-state index contributed by atoms with van der Waals surface area (Å²) in [5.41, 5.74) is 7.87. The molecule has 1 heterocycles. The second kappa shape index (κ2) is 14.4. The lowest BCUT2D eigenvalue weighted by atomic mass is 9.90. The van der Waals surface area contributed by atoms with Crippen LogP contribution in [0.1, 0.15) is 37.0 Å². The zero-order valence-corrected chi connectivity index (χ0v) is 23.8. The number of carboxylic acids is 1. The Morgan fingerprint density at radius 3 is 2.50 bits per heavy atom. The van der Waals surface area contributed by atoms with Gasteiger partial charge in [0.25, 0.3) is 0 Å². The minimum absolute atomic E-state index is 0.0132. The van der Waals surface area contributed by atoms with Gasteiger partial charge in [-0.25, -0.2) is 4.79 Å². The first-order valence-electron chi connectivity index (χ1n) is 13.3. The maximum Gasteiger partial charge on any atom is 0.336 e. The highest BCUT2D eigenvalue weighted by Gasteiger charge is 2.22. The number of phenols is 1. The van der Waals surface area contributed by atoms with Gasteiger partial charge in [-0.2, -0.15) is 0 Å². The maximum absolute atomic E-state index is 12.2. The molecule has 0 spiro atoms. The summed E-state index contributed by atoms with van der Waals surface area (Å²) in [6.45, 7) is 7.21. The molecule has 0 fully saturated rings. The van der Waals surface area contributed by atoms with Crippen molar-refractivity contribution in [1.29, 1.82) is 0 Å². The number of carbonyl (C=O) groups is 1. The lowest BCUT2D eigenvalue weighted by Gasteiger charge is -2.19. The number of aromatic carboxylic acids is 1. The Labute approximate surface area is 239 Å². The molecule has 6 N–H and O–H groups in total. The second-order valence-electron chi connectivity index (χ2n) is 9.06. The van der Waals surface area contributed by atoms with Gasteiger partial charge in [0.2, 0.25) is 0 Å². The number of thiocarbonyl (C=S) groups is 1. The minimum Gasteiger partial charge on any atom is -0.508 e. The Morgan fingerprint density at radius 2 is 1.77 bits per heavy atom. The van der Waals surface area contributed by atoms with Crippen molar-refractivity contribution in [3.63, 3.8) is 0 Å². The van der Waals surface area contributed by atoms with Crippen LogP contribution in [0.5, 0.6) is 5.75 Å². The number of phenolic OH excluding ortho intramolecular Hbond substituents is 1. The van der Waals surface area contributed by atoms with Crippen molar-refractivity contribution in [3.8, 4) is 28.2 Å². The van der Waals surface area contributed by atoms with Crippen LogP contribution >= 0.6 is 12.2 Å². The Morgan fingerprint density at radius 1 is 1.02 bits per heavy atom. The van der Waals surface area contributed by atoms with Crippen molar-refractivity contribution >= 4 is 40.0 Å². The van der Waals surface area contributed by atoms with Gasteiger partial charge < -0.3 is 35.9 Å². The number of hydrogen-bond donors (Lipinski definition) is 5. The summed E-state index contributed by atoms with van der Waals surface area (Å²) in [4.78, 5) is 26.5. The molecule has 9 nitrogen and oxygen atoms in total. The van der Waals surface area contributed by atoms with Crippen LogP contribution in [0.4, 0.5) is 5.69 Å². The van der Waals surface area contributed by atoms with E-state index in [0.29, 0.717) is 51.5 Å². The first-order chi connectivity index (χ1) is 19.3. The van der Waals surface area contributed by atoms with Crippen LogP contribution < -0.4 is 21.8 Å². The number of rotatable bonds is 10. The van der Waals surface area contributed by atoms with Gasteiger partial charge >= 0.3 is 5.97 Å². The van der Waals surface area contributed by atoms with Crippen LogP contribution in [0.15, 0.2) is 63.8 Å². The quantitative estimate of drug-likeness (QED) is 0.102. The van der Waals surface area contributed by atoms with Crippen LogP contribution in [0.25, 0.3) is 33.4 Å². The fourth-order valence-electron chi connectivity index (χ4n) is 4.36. The molecule has 40 heavy (non-hydrogen) atoms. The van der Waals surface area contributed by atoms with E-state index in [2.05, 4.69) is 22.6 Å². The first-order valence-corrected chi connectivity index (χ1v) is 13.7. The van der Waals surface area contributed by atoms with E-state index in [-0.39, 0.29) is 22.5 Å². The fourth-order valence-corrected chi connectivity index (χ4v) is 4.58. The van der Waals surface area contributed by atoms with Crippen molar-refractivity contribution in [2.45, 2.75) is 26.7 Å². The van der Waals surface area contributed by atoms with E-state index in [9.17, 15) is 19.8 Å². The Balaban J connectivity index is 0.00000216. The molecule has 0 aromatic heterocycles. The Hall–Kier alpha value is -3.99. The lowest BCUT2D eigenvalue weighted by Crippen LogP contribution is -2.32. The highest BCUT2D eigenvalue weighted by Crippen LogP contribution is 2.42. The van der Waals surface area contributed by atoms with Gasteiger partial charge in [-0.15, -0.1) is 0 Å². The average molecular weight is 565 g/mol. The summed E-state index contributed by atoms with van der Waals surface area (Å²) in [7, 11) is 2.06. The monoisotopic (exact) mass is 564 g/mol. The van der Waals surface area contributed by atoms with E-state index in [1.54, 1.807) is 24.3 Å². The zero-order chi connectivity index (χ0) is 29.2. The van der Waals surface area contributed by atoms with E-state index in [0.717, 1.165) is 25.9 Å². The summed E-state index contributed by atoms with van der Waals surface area (Å²) in [5, 5.41) is 27.3. The third kappa shape index (κ3) is 7.56. The third-order valence-corrected chi connectivity index (χ3v) is 6.45. The molecule has 0 saturated heterocycles. The number of carboxylic acid groups (broad SMARTS) is 1. The summed E-state index contributed by atoms with van der Waals surface area (Å²) in [6, 6.07) is 13.8. The average Bonchev–Trinajstić information content (AvgIpc) is 2.93. The summed E-state index contributed by atoms with van der Waals surface area (Å²) in [5.74, 6) is -0.832. The molecule has 0 amide bonds. The van der Waals surface area contributed by atoms with E-state index >= 15 is 0 Å². The zero-order valence-electron chi connectivity index (χ0n) is 23.0. The molecule has 0 unspecified atom stereocenters. The molecule has 0 radical (unpaired) electrons. The number of nitrogens with zero attached hydrogens (tertiary/aromatic N) is 1. The number of nitrogens with one attached hydrogen (secondary N) is 2. The minimum atomic E-state index is -1.10. The molecule has 4 rings (SSSR count). The molecule has 2 aliphatic rings. The number of benzene rings is 3. The molecule has 10 heteroatoms. The van der Waals surface area contributed by atoms with E-state index in [1.165, 1.54) is 30.3 Å². The maximum atomic E-state index is 12.2. The molecular weight excluding hydrogens is 528 g/mol. The number of nitrogens with two attached hydrogens (primary N) is 1. The molecule has 212 valence electrons. The van der Waals surface area contributed by atoms with Crippen LogP contribution in [0.3, 0.4) is 0 Å². The van der Waals surface area contributed by atoms with Crippen molar-refractivity contribution < 1.29 is 19.4 Å². The van der Waals surface area contributed by atoms with Gasteiger partial charge in [0.15, 0.2) is 10.5 Å². The van der Waals surface area contributed by atoms with Crippen LogP contribution in [-0.2, 0) is 0 Å². The Bertz CT molecular complexity index is 1500. The highest BCUT2D eigenvalue weighted by molar-refractivity contribution is 7.80.